The number of hydrogen-bond donors (Lipinski definition) is 2. The van der Waals surface area contributed by atoms with Gasteiger partial charge in [0.25, 0.3) is 5.91 Å². The molecule has 0 saturated carbocycles. The van der Waals surface area contributed by atoms with Crippen LogP contribution >= 0.6 is 65.3 Å². The molecule has 72 heavy (non-hydrogen) atoms. The molecule has 1 aromatic carbocycles. The van der Waals surface area contributed by atoms with Crippen LogP contribution in [0.5, 0.6) is 0 Å². The molecular weight excluding hydrogens is 1010 g/mol. The molecule has 21 heteroatoms. The number of esters is 1. The highest BCUT2D eigenvalue weighted by atomic mass is 32.1. The molecule has 2 N–H and O–H groups in total. The number of nitrogens with one attached hydrogen (secondary N) is 2. The van der Waals surface area contributed by atoms with E-state index in [-0.39, 0.29) is 85.1 Å². The fourth-order valence-electron chi connectivity index (χ4n) is 10.5. The van der Waals surface area contributed by atoms with Crippen LogP contribution in [0.4, 0.5) is 4.79 Å². The highest BCUT2D eigenvalue weighted by Crippen LogP contribution is 2.43. The van der Waals surface area contributed by atoms with Crippen molar-refractivity contribution in [1.82, 2.24) is 45.0 Å². The van der Waals surface area contributed by atoms with Gasteiger partial charge in [-0.1, -0.05) is 33.8 Å². The molecule has 0 aliphatic carbocycles. The average Bonchev–Trinajstić information content (AvgIpc) is 3.93. The SMILES string of the molecule is CCn1c(-c2cc(C3CCN(C)CC3)cnc2[C@H](C)OC)c2c3cc(ccc31)-c1csc(n1)C[C@H](NC(=O)[C@H](C(C)C)N(C)C(=O)N1CCOCC1)C(=O)N1CCC[C@H](N1)C(=O)OCC(C)(C)C2.S.S.S.S. The zero-order chi connectivity index (χ0) is 48.4. The molecule has 16 nitrogen and oxygen atoms in total. The Labute approximate surface area is 457 Å². The van der Waals surface area contributed by atoms with Crippen LogP contribution in [0.1, 0.15) is 101 Å². The molecule has 0 unspecified atom stereocenters. The quantitative estimate of drug-likeness (QED) is 0.168. The Kier molecular flexibility index (Phi) is 22.3. The molecule has 4 atom stereocenters. The summed E-state index contributed by atoms with van der Waals surface area (Å²) in [5.74, 6) is -1.14. The molecule has 4 aliphatic rings. The molecule has 400 valence electrons. The Morgan fingerprint density at radius 2 is 1.72 bits per heavy atom. The number of aromatic nitrogens is 3. The maximum absolute atomic E-state index is 14.6. The van der Waals surface area contributed by atoms with Gasteiger partial charge in [-0.25, -0.2) is 15.2 Å². The number of morpholine rings is 1. The van der Waals surface area contributed by atoms with Crippen molar-refractivity contribution < 1.29 is 33.4 Å². The number of carbonyl (C=O) groups excluding carboxylic acids is 4. The minimum atomic E-state index is -1.05. The summed E-state index contributed by atoms with van der Waals surface area (Å²) < 4.78 is 20.0. The normalized spacial score (nSPS) is 20.7. The third-order valence-electron chi connectivity index (χ3n) is 14.3. The number of aryl methyl sites for hydroxylation is 1. The Balaban J connectivity index is 0.00000281. The van der Waals surface area contributed by atoms with E-state index in [4.69, 9.17) is 24.2 Å². The van der Waals surface area contributed by atoms with E-state index >= 15 is 0 Å². The first kappa shape index (κ1) is 61.0. The highest BCUT2D eigenvalue weighted by Gasteiger charge is 2.39. The van der Waals surface area contributed by atoms with Crippen LogP contribution < -0.4 is 10.7 Å². The van der Waals surface area contributed by atoms with Gasteiger partial charge in [0.2, 0.25) is 5.91 Å². The van der Waals surface area contributed by atoms with Crippen LogP contribution in [0.2, 0.25) is 0 Å². The van der Waals surface area contributed by atoms with Gasteiger partial charge < -0.3 is 38.8 Å². The Morgan fingerprint density at radius 3 is 2.39 bits per heavy atom. The molecule has 7 heterocycles. The number of pyridine rings is 1. The summed E-state index contributed by atoms with van der Waals surface area (Å²) in [7, 11) is 5.54. The number of benzene rings is 1. The van der Waals surface area contributed by atoms with Gasteiger partial charge in [-0.05, 0) is 107 Å². The van der Waals surface area contributed by atoms with Gasteiger partial charge in [0, 0.05) is 85.8 Å². The average molecular weight is 1090 g/mol. The number of carbonyl (C=O) groups is 4. The highest BCUT2D eigenvalue weighted by molar-refractivity contribution is 7.59. The number of nitrogens with zero attached hydrogens (tertiary/aromatic N) is 7. The standard InChI is InChI=1S/C51H71N9O7S.4H2S/c1-10-59-42-14-13-34-24-36(42)38(46(59)37-25-35(28-52-44(37)32(4)65-9)33-15-18-56(7)19-16-33)27-51(5,6)30-67-49(63)39-12-11-17-60(55-39)48(62)40(26-43-53-41(34)29-68-43)54-47(61)45(31(2)3)57(8)50(64)58-20-22-66-23-21-58;;;;/h13-14,24-25,28-29,31-33,39-40,45,55H,10-12,15-23,26-27,30H2,1-9H3,(H,54,61);4*1H2/t32-,39-,40-,45-;;;;/m0..../s1. The summed E-state index contributed by atoms with van der Waals surface area (Å²) in [6.45, 7) is 17.3. The third kappa shape index (κ3) is 13.3. The van der Waals surface area contributed by atoms with E-state index in [1.165, 1.54) is 26.8 Å². The number of fused-ring (bicyclic) bond motifs is 6. The first-order valence-corrected chi connectivity index (χ1v) is 25.4. The number of cyclic esters (lactones) is 1. The number of hydrazine groups is 1. The minimum absolute atomic E-state index is 0. The van der Waals surface area contributed by atoms with Crippen molar-refractivity contribution >= 4 is 100 Å². The summed E-state index contributed by atoms with van der Waals surface area (Å²) in [5, 5.41) is 8.25. The van der Waals surface area contributed by atoms with Crippen LogP contribution in [-0.4, -0.2) is 150 Å². The summed E-state index contributed by atoms with van der Waals surface area (Å²) in [5.41, 5.74) is 10.8. The van der Waals surface area contributed by atoms with Crippen molar-refractivity contribution in [3.63, 3.8) is 0 Å². The second-order valence-corrected chi connectivity index (χ2v) is 21.2. The number of ether oxygens (including phenoxy) is 3. The van der Waals surface area contributed by atoms with E-state index in [2.05, 4.69) is 85.4 Å². The molecular formula is C51H79N9O7S5. The molecule has 3 saturated heterocycles. The van der Waals surface area contributed by atoms with Crippen LogP contribution in [0.3, 0.4) is 0 Å². The number of likely N-dealkylation sites (tertiary alicyclic amines) is 1. The first-order valence-electron chi connectivity index (χ1n) is 24.5. The van der Waals surface area contributed by atoms with Crippen molar-refractivity contribution in [3.8, 4) is 22.5 Å². The van der Waals surface area contributed by atoms with Gasteiger partial charge >= 0.3 is 12.0 Å². The summed E-state index contributed by atoms with van der Waals surface area (Å²) in [6.07, 6.45) is 5.67. The van der Waals surface area contributed by atoms with Gasteiger partial charge in [0.1, 0.15) is 18.1 Å². The predicted octanol–water partition coefficient (Wildman–Crippen LogP) is 6.87. The van der Waals surface area contributed by atoms with Crippen LogP contribution in [0.25, 0.3) is 33.4 Å². The van der Waals surface area contributed by atoms with Crippen LogP contribution in [-0.2, 0) is 48.0 Å². The first-order chi connectivity index (χ1) is 32.6. The number of amides is 4. The maximum atomic E-state index is 14.6. The molecule has 4 aliphatic heterocycles. The van der Waals surface area contributed by atoms with Crippen molar-refractivity contribution in [1.29, 1.82) is 0 Å². The number of hydrogen-bond acceptors (Lipinski definition) is 12. The number of rotatable bonds is 9. The van der Waals surface area contributed by atoms with E-state index < -0.39 is 41.3 Å². The third-order valence-corrected chi connectivity index (χ3v) is 15.2. The maximum Gasteiger partial charge on any atom is 0.324 e. The molecule has 8 rings (SSSR count). The predicted molar refractivity (Wildman–Crippen MR) is 304 cm³/mol. The molecule has 0 radical (unpaired) electrons. The second-order valence-electron chi connectivity index (χ2n) is 20.3. The topological polar surface area (TPSA) is 164 Å². The zero-order valence-corrected chi connectivity index (χ0v) is 48.2. The summed E-state index contributed by atoms with van der Waals surface area (Å²) >= 11 is 1.44. The van der Waals surface area contributed by atoms with Gasteiger partial charge in [-0.2, -0.15) is 54.0 Å². The van der Waals surface area contributed by atoms with E-state index in [0.717, 1.165) is 70.6 Å². The van der Waals surface area contributed by atoms with Gasteiger partial charge in [0.15, 0.2) is 0 Å². The van der Waals surface area contributed by atoms with Crippen molar-refractivity contribution in [3.05, 3.63) is 57.7 Å². The lowest BCUT2D eigenvalue weighted by Crippen LogP contribution is -2.62. The van der Waals surface area contributed by atoms with Crippen LogP contribution in [0.15, 0.2) is 35.8 Å². The van der Waals surface area contributed by atoms with Crippen molar-refractivity contribution in [2.75, 3.05) is 73.7 Å². The van der Waals surface area contributed by atoms with Gasteiger partial charge in [-0.3, -0.25) is 24.4 Å². The van der Waals surface area contributed by atoms with Gasteiger partial charge in [0.05, 0.1) is 48.0 Å². The van der Waals surface area contributed by atoms with Crippen molar-refractivity contribution in [2.24, 2.45) is 11.3 Å². The number of urea groups is 1. The Morgan fingerprint density at radius 1 is 1.01 bits per heavy atom. The number of piperidine rings is 1. The largest absolute Gasteiger partial charge is 0.464 e. The molecule has 4 amide bonds. The zero-order valence-electron chi connectivity index (χ0n) is 43.4. The van der Waals surface area contributed by atoms with Crippen LogP contribution in [0, 0.1) is 11.3 Å². The van der Waals surface area contributed by atoms with E-state index in [1.54, 1.807) is 19.1 Å². The lowest BCUT2D eigenvalue weighted by atomic mass is 9.83. The molecule has 3 fully saturated rings. The smallest absolute Gasteiger partial charge is 0.324 e. The van der Waals surface area contributed by atoms with Crippen molar-refractivity contribution in [2.45, 2.75) is 117 Å². The Hall–Kier alpha value is -3.54. The second kappa shape index (κ2) is 26.3. The fraction of sp³-hybridized carbons (Fsp3) is 0.608. The number of thiazole rings is 1. The number of likely N-dealkylation sites (N-methyl/N-ethyl adjacent to an activating group) is 1. The fourth-order valence-corrected chi connectivity index (χ4v) is 11.3. The molecule has 0 spiro atoms. The van der Waals surface area contributed by atoms with E-state index in [1.807, 2.05) is 19.2 Å². The van der Waals surface area contributed by atoms with Gasteiger partial charge in [-0.15, -0.1) is 11.3 Å². The summed E-state index contributed by atoms with van der Waals surface area (Å²) in [4.78, 5) is 72.6. The minimum Gasteiger partial charge on any atom is -0.464 e. The molecule has 3 aromatic heterocycles. The molecule has 4 aromatic rings. The number of methoxy groups -OCH3 is 1. The monoisotopic (exact) mass is 1090 g/mol. The molecule has 6 bridgehead atoms. The Bertz CT molecular complexity index is 2490. The lowest BCUT2D eigenvalue weighted by Gasteiger charge is -2.38. The van der Waals surface area contributed by atoms with E-state index in [9.17, 15) is 19.2 Å². The lowest BCUT2D eigenvalue weighted by molar-refractivity contribution is -0.155. The summed E-state index contributed by atoms with van der Waals surface area (Å²) in [6, 6.07) is 5.91. The van der Waals surface area contributed by atoms with E-state index in [0.29, 0.717) is 69.6 Å².